The molecule has 0 heterocycles. The lowest BCUT2D eigenvalue weighted by Crippen LogP contribution is -2.29. The van der Waals surface area contributed by atoms with Crippen molar-refractivity contribution in [1.29, 1.82) is 0 Å². The van der Waals surface area contributed by atoms with Crippen molar-refractivity contribution in [2.24, 2.45) is 5.84 Å². The van der Waals surface area contributed by atoms with Crippen molar-refractivity contribution in [3.05, 3.63) is 28.8 Å². The van der Waals surface area contributed by atoms with Crippen LogP contribution in [-0.4, -0.2) is 20.3 Å². The molecule has 0 aromatic heterocycles. The molecule has 0 saturated heterocycles. The van der Waals surface area contributed by atoms with E-state index in [2.05, 4.69) is 5.43 Å². The zero-order valence-corrected chi connectivity index (χ0v) is 11.0. The summed E-state index contributed by atoms with van der Waals surface area (Å²) in [5.41, 5.74) is 3.80. The number of hydrazine groups is 1. The fourth-order valence-corrected chi connectivity index (χ4v) is 1.78. The smallest absolute Gasteiger partial charge is 0.137 e. The molecule has 1 aromatic rings. The standard InChI is InChI=1S/C12H19ClN2O2/c1-3-17-7-6-11(15-14)9-4-5-10(13)12(8-9)16-2/h4-5,8,11,15H,3,6-7,14H2,1-2H3. The Labute approximate surface area is 107 Å². The highest BCUT2D eigenvalue weighted by Crippen LogP contribution is 2.28. The SMILES string of the molecule is CCOCCC(NN)c1ccc(Cl)c(OC)c1. The van der Waals surface area contributed by atoms with Crippen LogP contribution in [0.3, 0.4) is 0 Å². The summed E-state index contributed by atoms with van der Waals surface area (Å²) in [5, 5.41) is 0.594. The first kappa shape index (κ1) is 14.3. The Balaban J connectivity index is 2.73. The Morgan fingerprint density at radius 2 is 2.24 bits per heavy atom. The Morgan fingerprint density at radius 3 is 2.82 bits per heavy atom. The quantitative estimate of drug-likeness (QED) is 0.448. The molecule has 0 bridgehead atoms. The molecule has 5 heteroatoms. The van der Waals surface area contributed by atoms with Crippen molar-refractivity contribution in [1.82, 2.24) is 5.43 Å². The van der Waals surface area contributed by atoms with Gasteiger partial charge in [0.25, 0.3) is 0 Å². The van der Waals surface area contributed by atoms with Crippen LogP contribution >= 0.6 is 11.6 Å². The predicted molar refractivity (Wildman–Crippen MR) is 69.2 cm³/mol. The molecule has 0 aliphatic rings. The fourth-order valence-electron chi connectivity index (χ4n) is 1.58. The van der Waals surface area contributed by atoms with Gasteiger partial charge in [-0.3, -0.25) is 11.3 Å². The van der Waals surface area contributed by atoms with E-state index in [9.17, 15) is 0 Å². The highest BCUT2D eigenvalue weighted by Gasteiger charge is 2.11. The summed E-state index contributed by atoms with van der Waals surface area (Å²) in [7, 11) is 1.59. The molecular formula is C12H19ClN2O2. The summed E-state index contributed by atoms with van der Waals surface area (Å²) in [4.78, 5) is 0. The summed E-state index contributed by atoms with van der Waals surface area (Å²) in [5.74, 6) is 6.19. The second kappa shape index (κ2) is 7.50. The van der Waals surface area contributed by atoms with Crippen LogP contribution in [0.15, 0.2) is 18.2 Å². The first-order chi connectivity index (χ1) is 8.22. The van der Waals surface area contributed by atoms with Crippen LogP contribution in [-0.2, 0) is 4.74 Å². The molecule has 0 spiro atoms. The van der Waals surface area contributed by atoms with Gasteiger partial charge in [0, 0.05) is 19.3 Å². The van der Waals surface area contributed by atoms with Gasteiger partial charge in [-0.15, -0.1) is 0 Å². The number of ether oxygens (including phenoxy) is 2. The third-order valence-electron chi connectivity index (χ3n) is 2.53. The topological polar surface area (TPSA) is 56.5 Å². The molecule has 0 aliphatic carbocycles. The van der Waals surface area contributed by atoms with Gasteiger partial charge in [0.15, 0.2) is 0 Å². The summed E-state index contributed by atoms with van der Waals surface area (Å²) in [6.45, 7) is 3.34. The molecular weight excluding hydrogens is 240 g/mol. The summed E-state index contributed by atoms with van der Waals surface area (Å²) >= 11 is 5.97. The number of nitrogens with one attached hydrogen (secondary N) is 1. The number of hydrogen-bond acceptors (Lipinski definition) is 4. The van der Waals surface area contributed by atoms with Gasteiger partial charge in [-0.05, 0) is 31.0 Å². The van der Waals surface area contributed by atoms with E-state index < -0.39 is 0 Å². The minimum Gasteiger partial charge on any atom is -0.495 e. The average Bonchev–Trinajstić information content (AvgIpc) is 2.36. The molecule has 1 unspecified atom stereocenters. The maximum absolute atomic E-state index is 5.97. The average molecular weight is 259 g/mol. The molecule has 1 rings (SSSR count). The molecule has 0 radical (unpaired) electrons. The second-order valence-corrected chi connectivity index (χ2v) is 4.01. The van der Waals surface area contributed by atoms with Gasteiger partial charge < -0.3 is 9.47 Å². The largest absolute Gasteiger partial charge is 0.495 e. The fraction of sp³-hybridized carbons (Fsp3) is 0.500. The molecule has 17 heavy (non-hydrogen) atoms. The summed E-state index contributed by atoms with van der Waals surface area (Å²) < 4.78 is 10.5. The first-order valence-electron chi connectivity index (χ1n) is 5.60. The Kier molecular flexibility index (Phi) is 6.29. The first-order valence-corrected chi connectivity index (χ1v) is 5.98. The van der Waals surface area contributed by atoms with Crippen molar-refractivity contribution in [2.75, 3.05) is 20.3 Å². The van der Waals surface area contributed by atoms with E-state index in [4.69, 9.17) is 26.9 Å². The van der Waals surface area contributed by atoms with Crippen LogP contribution in [0.1, 0.15) is 24.9 Å². The monoisotopic (exact) mass is 258 g/mol. The Bertz CT molecular complexity index is 347. The molecule has 0 aliphatic heterocycles. The van der Waals surface area contributed by atoms with Crippen molar-refractivity contribution in [3.8, 4) is 5.75 Å². The van der Waals surface area contributed by atoms with Crippen LogP contribution in [0.2, 0.25) is 5.02 Å². The Morgan fingerprint density at radius 1 is 1.47 bits per heavy atom. The molecule has 3 N–H and O–H groups in total. The van der Waals surface area contributed by atoms with E-state index in [-0.39, 0.29) is 6.04 Å². The normalized spacial score (nSPS) is 12.5. The minimum absolute atomic E-state index is 0.0349. The van der Waals surface area contributed by atoms with E-state index in [0.29, 0.717) is 24.0 Å². The zero-order chi connectivity index (χ0) is 12.7. The number of rotatable bonds is 7. The van der Waals surface area contributed by atoms with Crippen molar-refractivity contribution >= 4 is 11.6 Å². The van der Waals surface area contributed by atoms with Gasteiger partial charge in [-0.25, -0.2) is 0 Å². The number of methoxy groups -OCH3 is 1. The van der Waals surface area contributed by atoms with Crippen LogP contribution in [0.5, 0.6) is 5.75 Å². The lowest BCUT2D eigenvalue weighted by Gasteiger charge is -2.17. The Hall–Kier alpha value is -0.810. The third kappa shape index (κ3) is 4.16. The van der Waals surface area contributed by atoms with E-state index in [1.807, 2.05) is 19.1 Å². The van der Waals surface area contributed by atoms with Crippen molar-refractivity contribution in [2.45, 2.75) is 19.4 Å². The van der Waals surface area contributed by atoms with Crippen LogP contribution in [0.4, 0.5) is 0 Å². The lowest BCUT2D eigenvalue weighted by atomic mass is 10.0. The van der Waals surface area contributed by atoms with Crippen LogP contribution in [0.25, 0.3) is 0 Å². The molecule has 0 saturated carbocycles. The highest BCUT2D eigenvalue weighted by molar-refractivity contribution is 6.32. The van der Waals surface area contributed by atoms with E-state index in [1.54, 1.807) is 13.2 Å². The van der Waals surface area contributed by atoms with E-state index >= 15 is 0 Å². The number of halogens is 1. The van der Waals surface area contributed by atoms with E-state index in [1.165, 1.54) is 0 Å². The maximum atomic E-state index is 5.97. The summed E-state index contributed by atoms with van der Waals surface area (Å²) in [6, 6.07) is 5.66. The predicted octanol–water partition coefficient (Wildman–Crippen LogP) is 2.28. The second-order valence-electron chi connectivity index (χ2n) is 3.60. The molecule has 1 aromatic carbocycles. The highest BCUT2D eigenvalue weighted by atomic mass is 35.5. The molecule has 96 valence electrons. The van der Waals surface area contributed by atoms with Gasteiger partial charge in [-0.2, -0.15) is 0 Å². The lowest BCUT2D eigenvalue weighted by molar-refractivity contribution is 0.136. The third-order valence-corrected chi connectivity index (χ3v) is 2.85. The van der Waals surface area contributed by atoms with Gasteiger partial charge in [0.1, 0.15) is 5.75 Å². The van der Waals surface area contributed by atoms with Crippen molar-refractivity contribution in [3.63, 3.8) is 0 Å². The van der Waals surface area contributed by atoms with Gasteiger partial charge in [0.05, 0.1) is 12.1 Å². The van der Waals surface area contributed by atoms with Gasteiger partial charge in [-0.1, -0.05) is 17.7 Å². The number of nitrogens with two attached hydrogens (primary N) is 1. The van der Waals surface area contributed by atoms with Crippen LogP contribution in [0, 0.1) is 0 Å². The van der Waals surface area contributed by atoms with Gasteiger partial charge in [0.2, 0.25) is 0 Å². The molecule has 0 amide bonds. The van der Waals surface area contributed by atoms with Crippen molar-refractivity contribution < 1.29 is 9.47 Å². The molecule has 0 fully saturated rings. The maximum Gasteiger partial charge on any atom is 0.137 e. The summed E-state index contributed by atoms with van der Waals surface area (Å²) in [6.07, 6.45) is 0.801. The number of benzene rings is 1. The van der Waals surface area contributed by atoms with Gasteiger partial charge >= 0.3 is 0 Å². The molecule has 4 nitrogen and oxygen atoms in total. The zero-order valence-electron chi connectivity index (χ0n) is 10.2. The number of hydrogen-bond donors (Lipinski definition) is 2. The van der Waals surface area contributed by atoms with E-state index in [0.717, 1.165) is 12.0 Å². The van der Waals surface area contributed by atoms with Crippen LogP contribution < -0.4 is 16.0 Å². The molecule has 1 atom stereocenters. The minimum atomic E-state index is 0.0349.